The predicted molar refractivity (Wildman–Crippen MR) is 82.4 cm³/mol. The molecule has 4 unspecified atom stereocenters. The van der Waals surface area contributed by atoms with Crippen LogP contribution in [0, 0.1) is 5.92 Å². The van der Waals surface area contributed by atoms with Crippen LogP contribution in [-0.2, 0) is 4.74 Å². The van der Waals surface area contributed by atoms with Gasteiger partial charge < -0.3 is 10.5 Å². The van der Waals surface area contributed by atoms with Crippen LogP contribution in [0.5, 0.6) is 0 Å². The Bertz CT molecular complexity index is 382. The molecule has 1 aromatic rings. The Morgan fingerprint density at radius 1 is 1.35 bits per heavy atom. The van der Waals surface area contributed by atoms with Crippen molar-refractivity contribution in [1.29, 1.82) is 0 Å². The maximum atomic E-state index is 6.47. The first-order valence-electron chi connectivity index (χ1n) is 8.07. The van der Waals surface area contributed by atoms with Gasteiger partial charge in [-0.1, -0.05) is 39.2 Å². The molecule has 4 atom stereocenters. The number of nitrogens with zero attached hydrogens (tertiary/aromatic N) is 1. The summed E-state index contributed by atoms with van der Waals surface area (Å²) in [5.74, 6) is 0.687. The normalized spacial score (nSPS) is 26.1. The number of rotatable bonds is 6. The lowest BCUT2D eigenvalue weighted by atomic mass is 9.84. The lowest BCUT2D eigenvalue weighted by Gasteiger charge is -2.35. The third-order valence-electron chi connectivity index (χ3n) is 4.56. The van der Waals surface area contributed by atoms with Crippen LogP contribution in [0.2, 0.25) is 0 Å². The van der Waals surface area contributed by atoms with Gasteiger partial charge in [0.2, 0.25) is 0 Å². The van der Waals surface area contributed by atoms with Gasteiger partial charge >= 0.3 is 0 Å². The number of nitrogens with two attached hydrogens (primary N) is 1. The van der Waals surface area contributed by atoms with Crippen LogP contribution >= 0.6 is 0 Å². The molecular formula is C17H28N2O. The van der Waals surface area contributed by atoms with E-state index in [2.05, 4.69) is 24.9 Å². The van der Waals surface area contributed by atoms with Gasteiger partial charge in [0.15, 0.2) is 0 Å². The molecule has 0 bridgehead atoms. The standard InChI is InChI=1S/C17H28N2O/c1-3-13-8-5-6-10-16(13)20-17(15(18)4-2)14-9-7-11-19-12-14/h7,9,11-13,15-17H,3-6,8,10,18H2,1-2H3. The van der Waals surface area contributed by atoms with Gasteiger partial charge in [-0.3, -0.25) is 4.98 Å². The van der Waals surface area contributed by atoms with Crippen molar-refractivity contribution in [3.8, 4) is 0 Å². The quantitative estimate of drug-likeness (QED) is 0.858. The Morgan fingerprint density at radius 2 is 2.15 bits per heavy atom. The van der Waals surface area contributed by atoms with Crippen LogP contribution in [0.1, 0.15) is 64.0 Å². The van der Waals surface area contributed by atoms with Gasteiger partial charge in [-0.2, -0.15) is 0 Å². The van der Waals surface area contributed by atoms with Crippen LogP contribution in [0.3, 0.4) is 0 Å². The van der Waals surface area contributed by atoms with E-state index in [0.29, 0.717) is 12.0 Å². The number of pyridine rings is 1. The van der Waals surface area contributed by atoms with Crippen molar-refractivity contribution in [1.82, 2.24) is 4.98 Å². The molecule has 1 saturated carbocycles. The first-order chi connectivity index (χ1) is 9.76. The molecule has 0 amide bonds. The molecule has 1 heterocycles. The number of hydrogen-bond donors (Lipinski definition) is 1. The van der Waals surface area contributed by atoms with Gasteiger partial charge in [-0.05, 0) is 31.2 Å². The molecule has 0 spiro atoms. The van der Waals surface area contributed by atoms with Crippen LogP contribution < -0.4 is 5.73 Å². The summed E-state index contributed by atoms with van der Waals surface area (Å²) in [5.41, 5.74) is 7.41. The second-order valence-corrected chi connectivity index (χ2v) is 5.91. The fourth-order valence-corrected chi connectivity index (χ4v) is 3.19. The zero-order valence-electron chi connectivity index (χ0n) is 12.8. The van der Waals surface area contributed by atoms with Gasteiger partial charge in [-0.25, -0.2) is 0 Å². The molecule has 0 aliphatic heterocycles. The monoisotopic (exact) mass is 276 g/mol. The average molecular weight is 276 g/mol. The fraction of sp³-hybridized carbons (Fsp3) is 0.706. The van der Waals surface area contributed by atoms with E-state index in [-0.39, 0.29) is 12.1 Å². The summed E-state index contributed by atoms with van der Waals surface area (Å²) >= 11 is 0. The maximum absolute atomic E-state index is 6.47. The van der Waals surface area contributed by atoms with E-state index < -0.39 is 0 Å². The van der Waals surface area contributed by atoms with Gasteiger partial charge in [0.05, 0.1) is 12.2 Å². The summed E-state index contributed by atoms with van der Waals surface area (Å²) in [6.07, 6.45) is 11.2. The lowest BCUT2D eigenvalue weighted by Crippen LogP contribution is -2.36. The lowest BCUT2D eigenvalue weighted by molar-refractivity contribution is -0.0726. The highest BCUT2D eigenvalue weighted by Crippen LogP contribution is 2.34. The summed E-state index contributed by atoms with van der Waals surface area (Å²) in [5, 5.41) is 0. The molecule has 0 aromatic carbocycles. The molecule has 1 aliphatic rings. The molecule has 2 rings (SSSR count). The van der Waals surface area contributed by atoms with Gasteiger partial charge in [0, 0.05) is 24.0 Å². The predicted octanol–water partition coefficient (Wildman–Crippen LogP) is 3.85. The molecular weight excluding hydrogens is 248 g/mol. The van der Waals surface area contributed by atoms with Crippen LogP contribution in [0.4, 0.5) is 0 Å². The Kier molecular flexibility index (Phi) is 5.99. The van der Waals surface area contributed by atoms with Crippen molar-refractivity contribution < 1.29 is 4.74 Å². The van der Waals surface area contributed by atoms with E-state index in [1.807, 2.05) is 12.3 Å². The third kappa shape index (κ3) is 3.80. The second kappa shape index (κ2) is 7.75. The Balaban J connectivity index is 2.11. The van der Waals surface area contributed by atoms with Gasteiger partial charge in [0.25, 0.3) is 0 Å². The summed E-state index contributed by atoms with van der Waals surface area (Å²) in [6.45, 7) is 4.39. The molecule has 2 N–H and O–H groups in total. The summed E-state index contributed by atoms with van der Waals surface area (Å²) in [4.78, 5) is 4.22. The molecule has 20 heavy (non-hydrogen) atoms. The topological polar surface area (TPSA) is 48.1 Å². The molecule has 0 radical (unpaired) electrons. The average Bonchev–Trinajstić information content (AvgIpc) is 2.53. The summed E-state index contributed by atoms with van der Waals surface area (Å²) in [7, 11) is 0. The maximum Gasteiger partial charge on any atom is 0.0994 e. The van der Waals surface area contributed by atoms with Gasteiger partial charge in [0.1, 0.15) is 0 Å². The Labute approximate surface area is 122 Å². The van der Waals surface area contributed by atoms with Crippen LogP contribution in [-0.4, -0.2) is 17.1 Å². The molecule has 1 fully saturated rings. The van der Waals surface area contributed by atoms with Gasteiger partial charge in [-0.15, -0.1) is 0 Å². The van der Waals surface area contributed by atoms with E-state index in [1.165, 1.54) is 32.1 Å². The first kappa shape index (κ1) is 15.5. The minimum Gasteiger partial charge on any atom is -0.368 e. The molecule has 3 heteroatoms. The van der Waals surface area contributed by atoms with E-state index >= 15 is 0 Å². The van der Waals surface area contributed by atoms with Crippen molar-refractivity contribution in [2.24, 2.45) is 11.7 Å². The van der Waals surface area contributed by atoms with Crippen molar-refractivity contribution >= 4 is 0 Å². The zero-order chi connectivity index (χ0) is 14.4. The van der Waals surface area contributed by atoms with Crippen LogP contribution in [0.25, 0.3) is 0 Å². The van der Waals surface area contributed by atoms with Crippen molar-refractivity contribution in [3.05, 3.63) is 30.1 Å². The minimum absolute atomic E-state index is 0.0224. The highest BCUT2D eigenvalue weighted by molar-refractivity contribution is 5.14. The number of aromatic nitrogens is 1. The first-order valence-corrected chi connectivity index (χ1v) is 8.07. The molecule has 1 aliphatic carbocycles. The van der Waals surface area contributed by atoms with Crippen LogP contribution in [0.15, 0.2) is 24.5 Å². The van der Waals surface area contributed by atoms with Crippen molar-refractivity contribution in [3.63, 3.8) is 0 Å². The second-order valence-electron chi connectivity index (χ2n) is 5.91. The highest BCUT2D eigenvalue weighted by atomic mass is 16.5. The zero-order valence-corrected chi connectivity index (χ0v) is 12.8. The molecule has 1 aromatic heterocycles. The van der Waals surface area contributed by atoms with E-state index in [0.717, 1.165) is 12.0 Å². The third-order valence-corrected chi connectivity index (χ3v) is 4.56. The summed E-state index contributed by atoms with van der Waals surface area (Å²) < 4.78 is 6.47. The summed E-state index contributed by atoms with van der Waals surface area (Å²) in [6, 6.07) is 4.09. The van der Waals surface area contributed by atoms with E-state index in [9.17, 15) is 0 Å². The van der Waals surface area contributed by atoms with E-state index in [4.69, 9.17) is 10.5 Å². The SMILES string of the molecule is CCC(N)C(OC1CCCCC1CC)c1cccnc1. The van der Waals surface area contributed by atoms with E-state index in [1.54, 1.807) is 6.20 Å². The number of hydrogen-bond acceptors (Lipinski definition) is 3. The Morgan fingerprint density at radius 3 is 2.80 bits per heavy atom. The highest BCUT2D eigenvalue weighted by Gasteiger charge is 2.29. The molecule has 0 saturated heterocycles. The molecule has 3 nitrogen and oxygen atoms in total. The fourth-order valence-electron chi connectivity index (χ4n) is 3.19. The molecule has 112 valence electrons. The largest absolute Gasteiger partial charge is 0.368 e. The van der Waals surface area contributed by atoms with Crippen molar-refractivity contribution in [2.75, 3.05) is 0 Å². The minimum atomic E-state index is -0.0224. The smallest absolute Gasteiger partial charge is 0.0994 e. The number of ether oxygens (including phenoxy) is 1. The van der Waals surface area contributed by atoms with Crippen molar-refractivity contribution in [2.45, 2.75) is 70.6 Å². The Hall–Kier alpha value is -0.930.